The van der Waals surface area contributed by atoms with Gasteiger partial charge < -0.3 is 10.3 Å². The number of nitrogens with one attached hydrogen (secondary N) is 3. The summed E-state index contributed by atoms with van der Waals surface area (Å²) in [6.07, 6.45) is 7.99. The average molecular weight is 497 g/mol. The number of anilines is 1. The van der Waals surface area contributed by atoms with E-state index in [2.05, 4.69) is 40.4 Å². The number of H-pyrrole nitrogens is 2. The maximum atomic E-state index is 16.0. The second-order valence-electron chi connectivity index (χ2n) is 8.63. The monoisotopic (exact) mass is 496 g/mol. The number of hydrogen-bond acceptors (Lipinski definition) is 7. The summed E-state index contributed by atoms with van der Waals surface area (Å²) in [7, 11) is 0. The van der Waals surface area contributed by atoms with Crippen molar-refractivity contribution in [3.8, 4) is 33.1 Å². The smallest absolute Gasteiger partial charge is 0.227 e. The number of pyridine rings is 3. The van der Waals surface area contributed by atoms with Crippen LogP contribution in [0.5, 0.6) is 0 Å². The molecule has 0 atom stereocenters. The molecule has 7 rings (SSSR count). The number of carbonyl (C=O) groups excluding carboxylic acids is 1. The number of fused-ring (bicyclic) bond motifs is 2. The molecule has 6 heterocycles. The van der Waals surface area contributed by atoms with E-state index in [9.17, 15) is 4.79 Å². The molecule has 0 aromatic carbocycles. The first-order chi connectivity index (χ1) is 17.7. The Labute approximate surface area is 206 Å². The zero-order chi connectivity index (χ0) is 24.2. The summed E-state index contributed by atoms with van der Waals surface area (Å²) in [4.78, 5) is 34.0. The van der Waals surface area contributed by atoms with Crippen LogP contribution < -0.4 is 5.32 Å². The van der Waals surface area contributed by atoms with Gasteiger partial charge in [0.2, 0.25) is 5.91 Å². The first-order valence-electron chi connectivity index (χ1n) is 11.3. The summed E-state index contributed by atoms with van der Waals surface area (Å²) in [6, 6.07) is 7.62. The lowest BCUT2D eigenvalue weighted by molar-refractivity contribution is -0.117. The van der Waals surface area contributed by atoms with Crippen molar-refractivity contribution in [1.82, 2.24) is 35.1 Å². The first kappa shape index (κ1) is 20.8. The molecule has 1 aliphatic rings. The second kappa shape index (κ2) is 8.02. The van der Waals surface area contributed by atoms with Crippen molar-refractivity contribution in [1.29, 1.82) is 0 Å². The van der Waals surface area contributed by atoms with E-state index in [-0.39, 0.29) is 28.4 Å². The van der Waals surface area contributed by atoms with Gasteiger partial charge in [0.15, 0.2) is 17.1 Å². The normalized spacial score (nSPS) is 13.5. The fraction of sp³-hybridized carbons (Fsp3) is 0.120. The zero-order valence-electron chi connectivity index (χ0n) is 18.6. The minimum atomic E-state index is -0.511. The Morgan fingerprint density at radius 2 is 2.03 bits per heavy atom. The Kier molecular flexibility index (Phi) is 4.64. The van der Waals surface area contributed by atoms with Crippen LogP contribution in [0.1, 0.15) is 12.8 Å². The maximum absolute atomic E-state index is 16.0. The molecule has 36 heavy (non-hydrogen) atoms. The SMILES string of the molecule is O=C(Nc1cncc(-c2cnc3n[nH]c(-c4nc5nccc(-c6cccs6)c5[nH]4)c3c2F)c1)C1CC1. The third-order valence-corrected chi connectivity index (χ3v) is 7.10. The van der Waals surface area contributed by atoms with E-state index in [4.69, 9.17) is 0 Å². The van der Waals surface area contributed by atoms with Crippen LogP contribution >= 0.6 is 11.3 Å². The quantitative estimate of drug-likeness (QED) is 0.302. The largest absolute Gasteiger partial charge is 0.335 e. The van der Waals surface area contributed by atoms with Gasteiger partial charge in [-0.1, -0.05) is 6.07 Å². The van der Waals surface area contributed by atoms with Crippen LogP contribution in [0, 0.1) is 11.7 Å². The van der Waals surface area contributed by atoms with Crippen LogP contribution in [0.15, 0.2) is 54.4 Å². The Bertz CT molecular complexity index is 1770. The van der Waals surface area contributed by atoms with E-state index < -0.39 is 5.82 Å². The minimum absolute atomic E-state index is 0.0412. The molecule has 3 N–H and O–H groups in total. The lowest BCUT2D eigenvalue weighted by Crippen LogP contribution is -2.13. The molecule has 1 fully saturated rings. The molecule has 9 nitrogen and oxygen atoms in total. The van der Waals surface area contributed by atoms with Gasteiger partial charge in [-0.3, -0.25) is 14.9 Å². The molecule has 6 aromatic rings. The van der Waals surface area contributed by atoms with E-state index in [1.54, 1.807) is 29.8 Å². The van der Waals surface area contributed by atoms with Crippen molar-refractivity contribution in [2.75, 3.05) is 5.32 Å². The summed E-state index contributed by atoms with van der Waals surface area (Å²) >= 11 is 1.61. The van der Waals surface area contributed by atoms with Crippen molar-refractivity contribution in [2.45, 2.75) is 12.8 Å². The highest BCUT2D eigenvalue weighted by molar-refractivity contribution is 7.13. The fourth-order valence-corrected chi connectivity index (χ4v) is 4.99. The summed E-state index contributed by atoms with van der Waals surface area (Å²) in [5.41, 5.74) is 4.09. The third kappa shape index (κ3) is 3.43. The number of thiophene rings is 1. The number of rotatable bonds is 5. The van der Waals surface area contributed by atoms with Gasteiger partial charge in [0.25, 0.3) is 0 Å². The topological polar surface area (TPSA) is 125 Å². The van der Waals surface area contributed by atoms with Crippen molar-refractivity contribution in [3.63, 3.8) is 0 Å². The van der Waals surface area contributed by atoms with Crippen LogP contribution in [0.25, 0.3) is 55.3 Å². The molecule has 0 unspecified atom stereocenters. The van der Waals surface area contributed by atoms with Crippen molar-refractivity contribution >= 4 is 45.1 Å². The molecule has 1 aliphatic carbocycles. The summed E-state index contributed by atoms with van der Waals surface area (Å²) in [5.74, 6) is -0.0930. The first-order valence-corrected chi connectivity index (χ1v) is 12.2. The Hall–Kier alpha value is -4.51. The number of aromatic amines is 2. The summed E-state index contributed by atoms with van der Waals surface area (Å²) in [5, 5.41) is 12.1. The predicted octanol–water partition coefficient (Wildman–Crippen LogP) is 5.17. The van der Waals surface area contributed by atoms with E-state index in [0.29, 0.717) is 28.4 Å². The summed E-state index contributed by atoms with van der Waals surface area (Å²) < 4.78 is 16.0. The number of aromatic nitrogens is 7. The van der Waals surface area contributed by atoms with Gasteiger partial charge in [0.1, 0.15) is 11.5 Å². The Morgan fingerprint density at radius 1 is 1.11 bits per heavy atom. The number of carbonyl (C=O) groups is 1. The van der Waals surface area contributed by atoms with Gasteiger partial charge in [-0.15, -0.1) is 11.3 Å². The molecule has 0 saturated heterocycles. The van der Waals surface area contributed by atoms with Crippen molar-refractivity contribution < 1.29 is 9.18 Å². The highest BCUT2D eigenvalue weighted by Gasteiger charge is 2.29. The molecule has 1 saturated carbocycles. The molecule has 6 aromatic heterocycles. The van der Waals surface area contributed by atoms with E-state index in [1.165, 1.54) is 12.4 Å². The van der Waals surface area contributed by atoms with Gasteiger partial charge in [0, 0.05) is 46.1 Å². The van der Waals surface area contributed by atoms with Crippen LogP contribution in [0.2, 0.25) is 0 Å². The van der Waals surface area contributed by atoms with Crippen molar-refractivity contribution in [2.24, 2.45) is 5.92 Å². The molecule has 0 radical (unpaired) electrons. The average Bonchev–Trinajstić information content (AvgIpc) is 3.27. The van der Waals surface area contributed by atoms with E-state index in [0.717, 1.165) is 28.8 Å². The maximum Gasteiger partial charge on any atom is 0.227 e. The molecule has 0 spiro atoms. The van der Waals surface area contributed by atoms with Gasteiger partial charge in [-0.05, 0) is 36.4 Å². The molecule has 176 valence electrons. The number of hydrogen-bond donors (Lipinski definition) is 3. The Balaban J connectivity index is 1.32. The number of halogens is 1. The lowest BCUT2D eigenvalue weighted by Gasteiger charge is -2.08. The molecule has 11 heteroatoms. The minimum Gasteiger partial charge on any atom is -0.335 e. The predicted molar refractivity (Wildman–Crippen MR) is 135 cm³/mol. The fourth-order valence-electron chi connectivity index (χ4n) is 4.24. The third-order valence-electron chi connectivity index (χ3n) is 6.20. The van der Waals surface area contributed by atoms with E-state index >= 15 is 4.39 Å². The molecular weight excluding hydrogens is 479 g/mol. The Morgan fingerprint density at radius 3 is 2.86 bits per heavy atom. The number of nitrogens with zero attached hydrogens (tertiary/aromatic N) is 5. The van der Waals surface area contributed by atoms with Gasteiger partial charge >= 0.3 is 0 Å². The van der Waals surface area contributed by atoms with Crippen LogP contribution in [0.3, 0.4) is 0 Å². The van der Waals surface area contributed by atoms with Gasteiger partial charge in [-0.2, -0.15) is 5.10 Å². The summed E-state index contributed by atoms with van der Waals surface area (Å²) in [6.45, 7) is 0. The standard InChI is InChI=1S/C25H17FN8OS/c26-19-16(13-8-14(10-27-9-13)30-25(35)12-3-4-12)11-29-22-18(19)21(33-34-22)24-31-20-15(17-2-1-7-36-17)5-6-28-23(20)32-24/h1-2,5-12H,3-4H2,(H,30,35)(H,28,31,32)(H,29,33,34). The number of amides is 1. The molecule has 1 amide bonds. The molecule has 0 bridgehead atoms. The zero-order valence-corrected chi connectivity index (χ0v) is 19.4. The van der Waals surface area contributed by atoms with E-state index in [1.807, 2.05) is 23.6 Å². The highest BCUT2D eigenvalue weighted by atomic mass is 32.1. The van der Waals surface area contributed by atoms with Crippen LogP contribution in [-0.2, 0) is 4.79 Å². The molecular formula is C25H17FN8OS. The van der Waals surface area contributed by atoms with Crippen LogP contribution in [-0.4, -0.2) is 41.0 Å². The second-order valence-corrected chi connectivity index (χ2v) is 9.58. The molecule has 0 aliphatic heterocycles. The number of imidazole rings is 1. The van der Waals surface area contributed by atoms with Crippen molar-refractivity contribution in [3.05, 3.63) is 60.3 Å². The lowest BCUT2D eigenvalue weighted by atomic mass is 10.1. The van der Waals surface area contributed by atoms with Gasteiger partial charge in [0.05, 0.1) is 22.8 Å². The van der Waals surface area contributed by atoms with Gasteiger partial charge in [-0.25, -0.2) is 19.3 Å². The van der Waals surface area contributed by atoms with Crippen LogP contribution in [0.4, 0.5) is 10.1 Å². The highest BCUT2D eigenvalue weighted by Crippen LogP contribution is 2.35.